The molecule has 0 spiro atoms. The molecule has 1 heterocycles. The zero-order chi connectivity index (χ0) is 17.8. The van der Waals surface area contributed by atoms with Crippen molar-refractivity contribution in [2.24, 2.45) is 0 Å². The first-order valence-electron chi connectivity index (χ1n) is 8.73. The number of aryl methyl sites for hydroxylation is 1. The van der Waals surface area contributed by atoms with Crippen molar-refractivity contribution in [1.29, 1.82) is 0 Å². The van der Waals surface area contributed by atoms with Crippen LogP contribution < -0.4 is 0 Å². The molecule has 4 heteroatoms. The number of ether oxygens (including phenoxy) is 1. The fourth-order valence-electron chi connectivity index (χ4n) is 3.22. The van der Waals surface area contributed by atoms with E-state index in [1.54, 1.807) is 0 Å². The highest BCUT2D eigenvalue weighted by atomic mass is 35.5. The minimum absolute atomic E-state index is 0.127. The number of rotatable bonds is 5. The van der Waals surface area contributed by atoms with Crippen LogP contribution in [-0.2, 0) is 22.4 Å². The van der Waals surface area contributed by atoms with Crippen molar-refractivity contribution in [1.82, 2.24) is 0 Å². The van der Waals surface area contributed by atoms with E-state index in [2.05, 4.69) is 31.2 Å². The Morgan fingerprint density at radius 3 is 2.52 bits per heavy atom. The second kappa shape index (κ2) is 8.13. The van der Waals surface area contributed by atoms with Crippen molar-refractivity contribution >= 4 is 17.4 Å². The maximum absolute atomic E-state index is 11.9. The van der Waals surface area contributed by atoms with Crippen LogP contribution in [0.5, 0.6) is 0 Å². The lowest BCUT2D eigenvalue weighted by Crippen LogP contribution is -2.30. The van der Waals surface area contributed by atoms with Crippen LogP contribution in [0.4, 0.5) is 0 Å². The highest BCUT2D eigenvalue weighted by Crippen LogP contribution is 2.32. The van der Waals surface area contributed by atoms with Gasteiger partial charge < -0.3 is 9.84 Å². The Bertz CT molecular complexity index is 739. The van der Waals surface area contributed by atoms with Gasteiger partial charge >= 0.3 is 0 Å². The molecule has 3 rings (SSSR count). The SMILES string of the molecule is CCc1ccc(Cc2cc(C3CC(=O)CC(CO)O3)ccc2Cl)cc1. The molecule has 0 radical (unpaired) electrons. The summed E-state index contributed by atoms with van der Waals surface area (Å²) in [7, 11) is 0. The molecular weight excluding hydrogens is 336 g/mol. The molecule has 1 fully saturated rings. The van der Waals surface area contributed by atoms with E-state index in [0.717, 1.165) is 24.0 Å². The van der Waals surface area contributed by atoms with Crippen LogP contribution >= 0.6 is 11.6 Å². The van der Waals surface area contributed by atoms with E-state index in [1.807, 2.05) is 18.2 Å². The van der Waals surface area contributed by atoms with Gasteiger partial charge in [0.15, 0.2) is 0 Å². The highest BCUT2D eigenvalue weighted by molar-refractivity contribution is 6.31. The van der Waals surface area contributed by atoms with Gasteiger partial charge in [0.1, 0.15) is 5.78 Å². The lowest BCUT2D eigenvalue weighted by atomic mass is 9.94. The second-order valence-electron chi connectivity index (χ2n) is 6.57. The number of carbonyl (C=O) groups excluding carboxylic acids is 1. The number of aliphatic hydroxyl groups excluding tert-OH is 1. The molecule has 0 aromatic heterocycles. The summed E-state index contributed by atoms with van der Waals surface area (Å²) in [6, 6.07) is 14.3. The average molecular weight is 359 g/mol. The zero-order valence-corrected chi connectivity index (χ0v) is 15.1. The summed E-state index contributed by atoms with van der Waals surface area (Å²) < 4.78 is 5.85. The topological polar surface area (TPSA) is 46.5 Å². The van der Waals surface area contributed by atoms with E-state index in [4.69, 9.17) is 16.3 Å². The zero-order valence-electron chi connectivity index (χ0n) is 14.4. The largest absolute Gasteiger partial charge is 0.394 e. The first-order chi connectivity index (χ1) is 12.1. The van der Waals surface area contributed by atoms with Gasteiger partial charge in [-0.3, -0.25) is 4.79 Å². The summed E-state index contributed by atoms with van der Waals surface area (Å²) in [4.78, 5) is 11.9. The van der Waals surface area contributed by atoms with Gasteiger partial charge in [-0.2, -0.15) is 0 Å². The maximum Gasteiger partial charge on any atom is 0.138 e. The molecule has 1 aliphatic rings. The molecule has 2 unspecified atom stereocenters. The maximum atomic E-state index is 11.9. The number of Topliss-reactive ketones (excluding diaryl/α,β-unsaturated/α-hetero) is 1. The van der Waals surface area contributed by atoms with Crippen LogP contribution in [0.1, 0.15) is 48.1 Å². The van der Waals surface area contributed by atoms with E-state index in [0.29, 0.717) is 11.4 Å². The smallest absolute Gasteiger partial charge is 0.138 e. The summed E-state index contributed by atoms with van der Waals surface area (Å²) in [6.07, 6.45) is 1.68. The van der Waals surface area contributed by atoms with Gasteiger partial charge in [0.25, 0.3) is 0 Å². The molecule has 1 saturated heterocycles. The van der Waals surface area contributed by atoms with Crippen molar-refractivity contribution in [3.8, 4) is 0 Å². The third kappa shape index (κ3) is 4.49. The summed E-state index contributed by atoms with van der Waals surface area (Å²) in [5.41, 5.74) is 4.47. The quantitative estimate of drug-likeness (QED) is 0.868. The minimum Gasteiger partial charge on any atom is -0.394 e. The first kappa shape index (κ1) is 18.1. The molecule has 132 valence electrons. The fourth-order valence-corrected chi connectivity index (χ4v) is 3.40. The van der Waals surface area contributed by atoms with Crippen LogP contribution in [0.2, 0.25) is 5.02 Å². The van der Waals surface area contributed by atoms with Gasteiger partial charge in [0.2, 0.25) is 0 Å². The van der Waals surface area contributed by atoms with E-state index >= 15 is 0 Å². The summed E-state index contributed by atoms with van der Waals surface area (Å²) >= 11 is 6.38. The Hall–Kier alpha value is -1.68. The van der Waals surface area contributed by atoms with Crippen LogP contribution in [-0.4, -0.2) is 23.6 Å². The Labute approximate surface area is 153 Å². The Morgan fingerprint density at radius 2 is 1.84 bits per heavy atom. The van der Waals surface area contributed by atoms with Crippen molar-refractivity contribution in [3.63, 3.8) is 0 Å². The van der Waals surface area contributed by atoms with E-state index in [1.165, 1.54) is 11.1 Å². The third-order valence-corrected chi connectivity index (χ3v) is 5.06. The van der Waals surface area contributed by atoms with E-state index in [-0.39, 0.29) is 24.9 Å². The minimum atomic E-state index is -0.410. The van der Waals surface area contributed by atoms with Crippen LogP contribution in [0.25, 0.3) is 0 Å². The van der Waals surface area contributed by atoms with Gasteiger partial charge in [-0.25, -0.2) is 0 Å². The van der Waals surface area contributed by atoms with Crippen LogP contribution in [0, 0.1) is 0 Å². The molecule has 2 atom stereocenters. The summed E-state index contributed by atoms with van der Waals surface area (Å²) in [5.74, 6) is 0.127. The number of halogens is 1. The van der Waals surface area contributed by atoms with Gasteiger partial charge in [-0.05, 0) is 41.2 Å². The molecule has 0 aliphatic carbocycles. The molecule has 1 aliphatic heterocycles. The van der Waals surface area contributed by atoms with Crippen LogP contribution in [0.3, 0.4) is 0 Å². The van der Waals surface area contributed by atoms with Gasteiger partial charge in [0.05, 0.1) is 18.8 Å². The number of aliphatic hydroxyl groups is 1. The Balaban J connectivity index is 1.81. The van der Waals surface area contributed by atoms with E-state index < -0.39 is 6.10 Å². The summed E-state index contributed by atoms with van der Waals surface area (Å²) in [5, 5.41) is 10.0. The molecule has 2 aromatic rings. The van der Waals surface area contributed by atoms with Gasteiger partial charge in [-0.1, -0.05) is 54.9 Å². The van der Waals surface area contributed by atoms with Crippen molar-refractivity contribution < 1.29 is 14.6 Å². The monoisotopic (exact) mass is 358 g/mol. The van der Waals surface area contributed by atoms with Crippen molar-refractivity contribution in [2.75, 3.05) is 6.61 Å². The lowest BCUT2D eigenvalue weighted by Gasteiger charge is -2.28. The Kier molecular flexibility index (Phi) is 5.89. The summed E-state index contributed by atoms with van der Waals surface area (Å²) in [6.45, 7) is 2.01. The standard InChI is InChI=1S/C21H23ClO3/c1-2-14-3-5-15(6-4-14)9-17-10-16(7-8-20(17)22)21-12-18(24)11-19(13-23)25-21/h3-8,10,19,21,23H,2,9,11-13H2,1H3. The molecule has 0 amide bonds. The lowest BCUT2D eigenvalue weighted by molar-refractivity contribution is -0.139. The van der Waals surface area contributed by atoms with E-state index in [9.17, 15) is 9.90 Å². The van der Waals surface area contributed by atoms with Crippen molar-refractivity contribution in [2.45, 2.75) is 44.8 Å². The number of carbonyl (C=O) groups is 1. The first-order valence-corrected chi connectivity index (χ1v) is 9.11. The highest BCUT2D eigenvalue weighted by Gasteiger charge is 2.28. The second-order valence-corrected chi connectivity index (χ2v) is 6.98. The molecule has 0 saturated carbocycles. The molecule has 0 bridgehead atoms. The Morgan fingerprint density at radius 1 is 1.12 bits per heavy atom. The predicted molar refractivity (Wildman–Crippen MR) is 99.0 cm³/mol. The number of hydrogen-bond donors (Lipinski definition) is 1. The third-order valence-electron chi connectivity index (χ3n) is 4.70. The molecule has 2 aromatic carbocycles. The van der Waals surface area contributed by atoms with Crippen molar-refractivity contribution in [3.05, 3.63) is 69.7 Å². The fraction of sp³-hybridized carbons (Fsp3) is 0.381. The average Bonchev–Trinajstić information content (AvgIpc) is 2.63. The molecule has 25 heavy (non-hydrogen) atoms. The number of benzene rings is 2. The molecule has 1 N–H and O–H groups in total. The normalized spacial score (nSPS) is 20.7. The number of hydrogen-bond acceptors (Lipinski definition) is 3. The number of ketones is 1. The molecule has 3 nitrogen and oxygen atoms in total. The predicted octanol–water partition coefficient (Wildman–Crippen LogP) is 4.27. The molecular formula is C21H23ClO3. The van der Waals surface area contributed by atoms with Crippen LogP contribution in [0.15, 0.2) is 42.5 Å². The van der Waals surface area contributed by atoms with Gasteiger partial charge in [0, 0.05) is 17.9 Å². The van der Waals surface area contributed by atoms with Gasteiger partial charge in [-0.15, -0.1) is 0 Å².